The monoisotopic (exact) mass is 161 g/mol. The molecule has 0 radical (unpaired) electrons. The van der Waals surface area contributed by atoms with E-state index in [0.29, 0.717) is 0 Å². The van der Waals surface area contributed by atoms with Gasteiger partial charge in [-0.1, -0.05) is 0 Å². The SMILES string of the molecule is C(=N\n1cnnc1)/c1ccc[nH]1. The first-order chi connectivity index (χ1) is 5.95. The molecule has 2 rings (SSSR count). The van der Waals surface area contributed by atoms with Crippen molar-refractivity contribution < 1.29 is 0 Å². The van der Waals surface area contributed by atoms with Gasteiger partial charge in [-0.15, -0.1) is 10.2 Å². The van der Waals surface area contributed by atoms with Crippen LogP contribution in [0.25, 0.3) is 0 Å². The second kappa shape index (κ2) is 3.00. The van der Waals surface area contributed by atoms with Gasteiger partial charge in [-0.2, -0.15) is 5.10 Å². The number of nitrogens with zero attached hydrogens (tertiary/aromatic N) is 4. The normalized spacial score (nSPS) is 11.0. The smallest absolute Gasteiger partial charge is 0.141 e. The Balaban J connectivity index is 2.14. The van der Waals surface area contributed by atoms with Crippen LogP contribution in [0.5, 0.6) is 0 Å². The van der Waals surface area contributed by atoms with Gasteiger partial charge in [0.25, 0.3) is 0 Å². The van der Waals surface area contributed by atoms with Crippen LogP contribution in [0.15, 0.2) is 36.1 Å². The number of nitrogens with one attached hydrogen (secondary N) is 1. The first-order valence-corrected chi connectivity index (χ1v) is 3.47. The average Bonchev–Trinajstić information content (AvgIpc) is 2.74. The Morgan fingerprint density at radius 2 is 2.25 bits per heavy atom. The molecule has 60 valence electrons. The quantitative estimate of drug-likeness (QED) is 0.651. The zero-order valence-corrected chi connectivity index (χ0v) is 6.25. The van der Waals surface area contributed by atoms with Gasteiger partial charge >= 0.3 is 0 Å². The number of H-pyrrole nitrogens is 1. The highest BCUT2D eigenvalue weighted by Crippen LogP contribution is 1.89. The molecule has 0 spiro atoms. The van der Waals surface area contributed by atoms with E-state index in [9.17, 15) is 0 Å². The summed E-state index contributed by atoms with van der Waals surface area (Å²) in [4.78, 5) is 3.00. The molecule has 0 saturated carbocycles. The summed E-state index contributed by atoms with van der Waals surface area (Å²) < 4.78 is 1.53. The van der Waals surface area contributed by atoms with Crippen molar-refractivity contribution in [3.8, 4) is 0 Å². The van der Waals surface area contributed by atoms with Crippen LogP contribution in [0.3, 0.4) is 0 Å². The number of hydrogen-bond acceptors (Lipinski definition) is 3. The highest BCUT2D eigenvalue weighted by atomic mass is 15.4. The Labute approximate surface area is 68.8 Å². The van der Waals surface area contributed by atoms with E-state index in [2.05, 4.69) is 20.3 Å². The number of aromatic nitrogens is 4. The van der Waals surface area contributed by atoms with E-state index in [-0.39, 0.29) is 0 Å². The summed E-state index contributed by atoms with van der Waals surface area (Å²) >= 11 is 0. The first kappa shape index (κ1) is 6.78. The minimum atomic E-state index is 0.948. The van der Waals surface area contributed by atoms with Gasteiger partial charge in [-0.05, 0) is 12.1 Å². The molecule has 12 heavy (non-hydrogen) atoms. The maximum atomic E-state index is 4.04. The van der Waals surface area contributed by atoms with E-state index in [1.54, 1.807) is 6.21 Å². The molecule has 2 aromatic rings. The van der Waals surface area contributed by atoms with Crippen LogP contribution in [0, 0.1) is 0 Å². The van der Waals surface area contributed by atoms with Gasteiger partial charge < -0.3 is 4.98 Å². The van der Waals surface area contributed by atoms with Gasteiger partial charge in [0.1, 0.15) is 12.7 Å². The Morgan fingerprint density at radius 1 is 1.42 bits per heavy atom. The standard InChI is InChI=1S/C7H7N5/c1-2-7(8-3-1)4-11-12-5-9-10-6-12/h1-6,8H/b11-4+. The lowest BCUT2D eigenvalue weighted by Gasteiger charge is -1.86. The van der Waals surface area contributed by atoms with E-state index in [1.807, 2.05) is 18.3 Å². The van der Waals surface area contributed by atoms with E-state index < -0.39 is 0 Å². The molecule has 0 atom stereocenters. The third kappa shape index (κ3) is 1.39. The fraction of sp³-hybridized carbons (Fsp3) is 0. The molecule has 0 saturated heterocycles. The van der Waals surface area contributed by atoms with Crippen LogP contribution < -0.4 is 0 Å². The van der Waals surface area contributed by atoms with E-state index >= 15 is 0 Å². The molecular formula is C7H7N5. The molecule has 0 fully saturated rings. The molecule has 0 aliphatic heterocycles. The van der Waals surface area contributed by atoms with Gasteiger partial charge in [0.05, 0.1) is 11.9 Å². The molecule has 2 aromatic heterocycles. The second-order valence-electron chi connectivity index (χ2n) is 2.21. The summed E-state index contributed by atoms with van der Waals surface area (Å²) in [7, 11) is 0. The molecule has 0 unspecified atom stereocenters. The minimum Gasteiger partial charge on any atom is -0.360 e. The number of aromatic amines is 1. The van der Waals surface area contributed by atoms with Crippen LogP contribution in [-0.2, 0) is 0 Å². The van der Waals surface area contributed by atoms with Crippen LogP contribution in [0.4, 0.5) is 0 Å². The average molecular weight is 161 g/mol. The maximum absolute atomic E-state index is 4.04. The molecule has 5 nitrogen and oxygen atoms in total. The summed E-state index contributed by atoms with van der Waals surface area (Å²) in [6, 6.07) is 3.83. The predicted octanol–water partition coefficient (Wildman–Crippen LogP) is 0.488. The van der Waals surface area contributed by atoms with Gasteiger partial charge in [0.2, 0.25) is 0 Å². The summed E-state index contributed by atoms with van der Waals surface area (Å²) in [5, 5.41) is 11.3. The maximum Gasteiger partial charge on any atom is 0.141 e. The predicted molar refractivity (Wildman–Crippen MR) is 43.8 cm³/mol. The third-order valence-electron chi connectivity index (χ3n) is 1.36. The van der Waals surface area contributed by atoms with E-state index in [0.717, 1.165) is 5.69 Å². The summed E-state index contributed by atoms with van der Waals surface area (Å²) in [6.07, 6.45) is 6.59. The highest BCUT2D eigenvalue weighted by Gasteiger charge is 1.85. The minimum absolute atomic E-state index is 0.948. The van der Waals surface area contributed by atoms with Crippen LogP contribution in [-0.4, -0.2) is 26.1 Å². The van der Waals surface area contributed by atoms with Crippen molar-refractivity contribution in [1.29, 1.82) is 0 Å². The van der Waals surface area contributed by atoms with Crippen LogP contribution in [0.2, 0.25) is 0 Å². The lowest BCUT2D eigenvalue weighted by atomic mass is 10.5. The van der Waals surface area contributed by atoms with Gasteiger partial charge in [0, 0.05) is 6.20 Å². The van der Waals surface area contributed by atoms with Crippen molar-refractivity contribution in [2.75, 3.05) is 0 Å². The van der Waals surface area contributed by atoms with Crippen molar-refractivity contribution in [3.63, 3.8) is 0 Å². The Hall–Kier alpha value is -1.91. The van der Waals surface area contributed by atoms with Crippen molar-refractivity contribution in [1.82, 2.24) is 19.9 Å². The summed E-state index contributed by atoms with van der Waals surface area (Å²) in [5.74, 6) is 0. The number of rotatable bonds is 2. The third-order valence-corrected chi connectivity index (χ3v) is 1.36. The van der Waals surface area contributed by atoms with Gasteiger partial charge in [0.15, 0.2) is 0 Å². The van der Waals surface area contributed by atoms with Crippen molar-refractivity contribution >= 4 is 6.21 Å². The van der Waals surface area contributed by atoms with Crippen molar-refractivity contribution in [3.05, 3.63) is 36.7 Å². The van der Waals surface area contributed by atoms with E-state index in [1.165, 1.54) is 17.3 Å². The molecule has 2 heterocycles. The molecule has 0 amide bonds. The number of hydrogen-bond donors (Lipinski definition) is 1. The van der Waals surface area contributed by atoms with Crippen molar-refractivity contribution in [2.45, 2.75) is 0 Å². The van der Waals surface area contributed by atoms with Crippen LogP contribution >= 0.6 is 0 Å². The Bertz CT molecular complexity index is 309. The summed E-state index contributed by atoms with van der Waals surface area (Å²) in [6.45, 7) is 0. The molecule has 0 aromatic carbocycles. The Kier molecular flexibility index (Phi) is 1.69. The largest absolute Gasteiger partial charge is 0.360 e. The Morgan fingerprint density at radius 3 is 2.92 bits per heavy atom. The fourth-order valence-corrected chi connectivity index (χ4v) is 0.808. The lowest BCUT2D eigenvalue weighted by Crippen LogP contribution is -1.86. The molecule has 0 aliphatic rings. The van der Waals surface area contributed by atoms with E-state index in [4.69, 9.17) is 0 Å². The molecule has 1 N–H and O–H groups in total. The van der Waals surface area contributed by atoms with Gasteiger partial charge in [-0.25, -0.2) is 4.68 Å². The zero-order chi connectivity index (χ0) is 8.23. The lowest BCUT2D eigenvalue weighted by molar-refractivity contribution is 0.877. The molecule has 0 bridgehead atoms. The molecule has 5 heteroatoms. The second-order valence-corrected chi connectivity index (χ2v) is 2.21. The van der Waals surface area contributed by atoms with Crippen molar-refractivity contribution in [2.24, 2.45) is 5.10 Å². The van der Waals surface area contributed by atoms with Crippen LogP contribution in [0.1, 0.15) is 5.69 Å². The molecule has 0 aliphatic carbocycles. The topological polar surface area (TPSA) is 58.9 Å². The van der Waals surface area contributed by atoms with Gasteiger partial charge in [-0.3, -0.25) is 0 Å². The fourth-order valence-electron chi connectivity index (χ4n) is 0.808. The first-order valence-electron chi connectivity index (χ1n) is 3.47. The highest BCUT2D eigenvalue weighted by molar-refractivity contribution is 5.76. The molecular weight excluding hydrogens is 154 g/mol. The zero-order valence-electron chi connectivity index (χ0n) is 6.25. The summed E-state index contributed by atoms with van der Waals surface area (Å²) in [5.41, 5.74) is 0.948.